The van der Waals surface area contributed by atoms with Crippen LogP contribution in [0.15, 0.2) is 24.3 Å². The highest BCUT2D eigenvalue weighted by Gasteiger charge is 2.05. The minimum Gasteiger partial charge on any atom is -0.384 e. The van der Waals surface area contributed by atoms with Crippen LogP contribution >= 0.6 is 0 Å². The van der Waals surface area contributed by atoms with Gasteiger partial charge in [-0.1, -0.05) is 6.92 Å². The second kappa shape index (κ2) is 4.95. The number of halogens is 2. The number of anilines is 3. The quantitative estimate of drug-likeness (QED) is 0.879. The maximum Gasteiger partial charge on any atom is 0.160 e. The molecular formula is C12H12F2N4. The average molecular weight is 250 g/mol. The molecule has 6 heteroatoms. The first kappa shape index (κ1) is 12.2. The molecule has 0 aliphatic carbocycles. The van der Waals surface area contributed by atoms with Crippen LogP contribution in [0, 0.1) is 11.6 Å². The molecule has 18 heavy (non-hydrogen) atoms. The van der Waals surface area contributed by atoms with Crippen LogP contribution in [0.2, 0.25) is 0 Å². The zero-order chi connectivity index (χ0) is 13.1. The molecule has 0 radical (unpaired) electrons. The van der Waals surface area contributed by atoms with Crippen molar-refractivity contribution in [2.45, 2.75) is 13.3 Å². The molecule has 0 unspecified atom stereocenters. The monoisotopic (exact) mass is 250 g/mol. The van der Waals surface area contributed by atoms with Gasteiger partial charge in [0.15, 0.2) is 11.6 Å². The molecule has 2 aromatic rings. The van der Waals surface area contributed by atoms with Gasteiger partial charge >= 0.3 is 0 Å². The summed E-state index contributed by atoms with van der Waals surface area (Å²) in [5.74, 6) is -0.452. The van der Waals surface area contributed by atoms with Gasteiger partial charge in [-0.05, 0) is 12.1 Å². The number of nitrogen functional groups attached to an aromatic ring is 1. The Balaban J connectivity index is 2.27. The largest absolute Gasteiger partial charge is 0.384 e. The number of hydrogen-bond donors (Lipinski definition) is 2. The minimum atomic E-state index is -0.919. The lowest BCUT2D eigenvalue weighted by molar-refractivity contribution is 0.509. The summed E-state index contributed by atoms with van der Waals surface area (Å²) in [5, 5.41) is 2.85. The highest BCUT2D eigenvalue weighted by atomic mass is 19.2. The van der Waals surface area contributed by atoms with E-state index in [0.29, 0.717) is 29.6 Å². The van der Waals surface area contributed by atoms with Crippen molar-refractivity contribution < 1.29 is 8.78 Å². The molecule has 1 aromatic carbocycles. The second-order valence-electron chi connectivity index (χ2n) is 3.70. The Kier molecular flexibility index (Phi) is 3.36. The van der Waals surface area contributed by atoms with Gasteiger partial charge in [-0.25, -0.2) is 18.7 Å². The topological polar surface area (TPSA) is 63.8 Å². The van der Waals surface area contributed by atoms with Crippen molar-refractivity contribution in [1.82, 2.24) is 9.97 Å². The molecule has 0 aliphatic heterocycles. The van der Waals surface area contributed by atoms with Crippen LogP contribution in [0.25, 0.3) is 0 Å². The van der Waals surface area contributed by atoms with Gasteiger partial charge in [-0.2, -0.15) is 0 Å². The Morgan fingerprint density at radius 1 is 1.17 bits per heavy atom. The maximum absolute atomic E-state index is 13.0. The third-order valence-electron chi connectivity index (χ3n) is 2.30. The van der Waals surface area contributed by atoms with E-state index in [1.807, 2.05) is 6.92 Å². The SMILES string of the molecule is CCc1nc(N)cc(Nc2ccc(F)c(F)c2)n1. The van der Waals surface area contributed by atoms with Gasteiger partial charge < -0.3 is 11.1 Å². The van der Waals surface area contributed by atoms with Crippen molar-refractivity contribution in [3.8, 4) is 0 Å². The lowest BCUT2D eigenvalue weighted by Crippen LogP contribution is -2.03. The van der Waals surface area contributed by atoms with E-state index < -0.39 is 11.6 Å². The summed E-state index contributed by atoms with van der Waals surface area (Å²) in [4.78, 5) is 8.20. The lowest BCUT2D eigenvalue weighted by atomic mass is 10.3. The Labute approximate surface area is 103 Å². The van der Waals surface area contributed by atoms with Crippen molar-refractivity contribution >= 4 is 17.3 Å². The normalized spacial score (nSPS) is 10.4. The molecule has 0 fully saturated rings. The Morgan fingerprint density at radius 3 is 2.61 bits per heavy atom. The molecule has 0 amide bonds. The first-order valence-electron chi connectivity index (χ1n) is 5.44. The van der Waals surface area contributed by atoms with Gasteiger partial charge in [-0.15, -0.1) is 0 Å². The van der Waals surface area contributed by atoms with E-state index in [2.05, 4.69) is 15.3 Å². The Morgan fingerprint density at radius 2 is 1.94 bits per heavy atom. The number of aromatic nitrogens is 2. The zero-order valence-electron chi connectivity index (χ0n) is 9.74. The molecular weight excluding hydrogens is 238 g/mol. The predicted octanol–water partition coefficient (Wildman–Crippen LogP) is 2.64. The van der Waals surface area contributed by atoms with Crippen LogP contribution in [-0.2, 0) is 6.42 Å². The molecule has 1 heterocycles. The number of hydrogen-bond acceptors (Lipinski definition) is 4. The molecule has 0 saturated heterocycles. The van der Waals surface area contributed by atoms with E-state index in [1.165, 1.54) is 12.1 Å². The molecule has 0 saturated carbocycles. The Hall–Kier alpha value is -2.24. The third-order valence-corrected chi connectivity index (χ3v) is 2.30. The number of aryl methyl sites for hydroxylation is 1. The van der Waals surface area contributed by atoms with Crippen LogP contribution in [0.5, 0.6) is 0 Å². The third kappa shape index (κ3) is 2.71. The van der Waals surface area contributed by atoms with Gasteiger partial charge in [0.2, 0.25) is 0 Å². The summed E-state index contributed by atoms with van der Waals surface area (Å²) in [5.41, 5.74) is 6.01. The minimum absolute atomic E-state index is 0.326. The summed E-state index contributed by atoms with van der Waals surface area (Å²) < 4.78 is 25.8. The van der Waals surface area contributed by atoms with Crippen LogP contribution in [0.4, 0.5) is 26.1 Å². The number of nitrogens with zero attached hydrogens (tertiary/aromatic N) is 2. The molecule has 0 bridgehead atoms. The fraction of sp³-hybridized carbons (Fsp3) is 0.167. The van der Waals surface area contributed by atoms with Crippen molar-refractivity contribution in [3.63, 3.8) is 0 Å². The van der Waals surface area contributed by atoms with Crippen molar-refractivity contribution in [2.75, 3.05) is 11.1 Å². The fourth-order valence-corrected chi connectivity index (χ4v) is 1.46. The van der Waals surface area contributed by atoms with E-state index >= 15 is 0 Å². The van der Waals surface area contributed by atoms with Gasteiger partial charge in [0.1, 0.15) is 17.5 Å². The summed E-state index contributed by atoms with van der Waals surface area (Å²) in [7, 11) is 0. The van der Waals surface area contributed by atoms with Crippen molar-refractivity contribution in [1.29, 1.82) is 0 Å². The van der Waals surface area contributed by atoms with Crippen LogP contribution in [0.3, 0.4) is 0 Å². The summed E-state index contributed by atoms with van der Waals surface area (Å²) >= 11 is 0. The highest BCUT2D eigenvalue weighted by molar-refractivity contribution is 5.58. The van der Waals surface area contributed by atoms with Crippen LogP contribution < -0.4 is 11.1 Å². The van der Waals surface area contributed by atoms with E-state index in [1.54, 1.807) is 0 Å². The van der Waals surface area contributed by atoms with Gasteiger partial charge in [0.05, 0.1) is 0 Å². The van der Waals surface area contributed by atoms with Crippen LogP contribution in [-0.4, -0.2) is 9.97 Å². The van der Waals surface area contributed by atoms with Crippen LogP contribution in [0.1, 0.15) is 12.7 Å². The second-order valence-corrected chi connectivity index (χ2v) is 3.70. The maximum atomic E-state index is 13.0. The first-order chi connectivity index (χ1) is 8.58. The average Bonchev–Trinajstić information content (AvgIpc) is 2.33. The Bertz CT molecular complexity index is 572. The van der Waals surface area contributed by atoms with Crippen molar-refractivity contribution in [3.05, 3.63) is 41.7 Å². The van der Waals surface area contributed by atoms with Gasteiger partial charge in [-0.3, -0.25) is 0 Å². The molecule has 0 aliphatic rings. The number of nitrogens with one attached hydrogen (secondary N) is 1. The fourth-order valence-electron chi connectivity index (χ4n) is 1.46. The molecule has 94 valence electrons. The number of benzene rings is 1. The molecule has 4 nitrogen and oxygen atoms in total. The molecule has 2 rings (SSSR count). The molecule has 1 aromatic heterocycles. The van der Waals surface area contributed by atoms with Gasteiger partial charge in [0.25, 0.3) is 0 Å². The van der Waals surface area contributed by atoms with Crippen molar-refractivity contribution in [2.24, 2.45) is 0 Å². The number of nitrogens with two attached hydrogens (primary N) is 1. The lowest BCUT2D eigenvalue weighted by Gasteiger charge is -2.08. The van der Waals surface area contributed by atoms with E-state index in [9.17, 15) is 8.78 Å². The molecule has 0 atom stereocenters. The molecule has 3 N–H and O–H groups in total. The highest BCUT2D eigenvalue weighted by Crippen LogP contribution is 2.18. The van der Waals surface area contributed by atoms with E-state index in [4.69, 9.17) is 5.73 Å². The van der Waals surface area contributed by atoms with E-state index in [0.717, 1.165) is 12.1 Å². The summed E-state index contributed by atoms with van der Waals surface area (Å²) in [6.45, 7) is 1.90. The summed E-state index contributed by atoms with van der Waals surface area (Å²) in [6, 6.07) is 5.05. The first-order valence-corrected chi connectivity index (χ1v) is 5.44. The number of rotatable bonds is 3. The van der Waals surface area contributed by atoms with Gasteiger partial charge in [0, 0.05) is 24.2 Å². The predicted molar refractivity (Wildman–Crippen MR) is 65.5 cm³/mol. The van der Waals surface area contributed by atoms with E-state index in [-0.39, 0.29) is 0 Å². The smallest absolute Gasteiger partial charge is 0.160 e. The standard InChI is InChI=1S/C12H12F2N4/c1-2-11-17-10(15)6-12(18-11)16-7-3-4-8(13)9(14)5-7/h3-6H,2H2,1H3,(H3,15,16,17,18). The molecule has 0 spiro atoms. The zero-order valence-corrected chi connectivity index (χ0v) is 9.74. The summed E-state index contributed by atoms with van der Waals surface area (Å²) in [6.07, 6.45) is 0.636.